The average Bonchev–Trinajstić information content (AvgIpc) is 3.33. The van der Waals surface area contributed by atoms with E-state index in [0.717, 1.165) is 25.8 Å². The van der Waals surface area contributed by atoms with E-state index in [1.54, 1.807) is 18.3 Å². The first-order valence-corrected chi connectivity index (χ1v) is 8.50. The summed E-state index contributed by atoms with van der Waals surface area (Å²) in [6, 6.07) is 11.9. The van der Waals surface area contributed by atoms with Crippen molar-refractivity contribution >= 4 is 11.8 Å². The van der Waals surface area contributed by atoms with E-state index in [9.17, 15) is 9.59 Å². The van der Waals surface area contributed by atoms with Gasteiger partial charge in [-0.25, -0.2) is 0 Å². The summed E-state index contributed by atoms with van der Waals surface area (Å²) in [4.78, 5) is 29.7. The van der Waals surface area contributed by atoms with Crippen LogP contribution in [0, 0.1) is 5.92 Å². The molecule has 0 saturated carbocycles. The highest BCUT2D eigenvalue weighted by Gasteiger charge is 2.34. The number of likely N-dealkylation sites (tertiary alicyclic amines) is 1. The third-order valence-corrected chi connectivity index (χ3v) is 5.08. The van der Waals surface area contributed by atoms with Crippen LogP contribution in [-0.2, 0) is 17.6 Å². The molecule has 0 unspecified atom stereocenters. The van der Waals surface area contributed by atoms with Gasteiger partial charge in [0.15, 0.2) is 0 Å². The number of H-pyrrole nitrogens is 1. The lowest BCUT2D eigenvalue weighted by atomic mass is 10.1. The van der Waals surface area contributed by atoms with Crippen LogP contribution in [0.3, 0.4) is 0 Å². The minimum absolute atomic E-state index is 0.0357. The Morgan fingerprint density at radius 1 is 1.08 bits per heavy atom. The second-order valence-electron chi connectivity index (χ2n) is 6.70. The van der Waals surface area contributed by atoms with Gasteiger partial charge in [-0.2, -0.15) is 0 Å². The molecule has 0 bridgehead atoms. The number of carbonyl (C=O) groups excluding carboxylic acids is 2. The van der Waals surface area contributed by atoms with E-state index in [1.165, 1.54) is 11.1 Å². The smallest absolute Gasteiger partial charge is 0.267 e. The van der Waals surface area contributed by atoms with Crippen molar-refractivity contribution < 1.29 is 9.59 Å². The first-order chi connectivity index (χ1) is 11.7. The molecule has 2 amide bonds. The number of carbonyl (C=O) groups is 2. The average molecular weight is 323 g/mol. The maximum atomic E-state index is 12.8. The summed E-state index contributed by atoms with van der Waals surface area (Å²) in [5.41, 5.74) is 3.16. The summed E-state index contributed by atoms with van der Waals surface area (Å²) in [6.45, 7) is 1.33. The van der Waals surface area contributed by atoms with E-state index in [4.69, 9.17) is 0 Å². The van der Waals surface area contributed by atoms with Crippen molar-refractivity contribution in [3.8, 4) is 0 Å². The lowest BCUT2D eigenvalue weighted by Crippen LogP contribution is -2.40. The van der Waals surface area contributed by atoms with Gasteiger partial charge in [0.1, 0.15) is 5.69 Å². The summed E-state index contributed by atoms with van der Waals surface area (Å²) >= 11 is 0. The van der Waals surface area contributed by atoms with E-state index in [1.807, 2.05) is 17.0 Å². The molecule has 1 aromatic carbocycles. The van der Waals surface area contributed by atoms with Gasteiger partial charge < -0.3 is 15.2 Å². The van der Waals surface area contributed by atoms with Crippen molar-refractivity contribution in [2.75, 3.05) is 13.1 Å². The largest absolute Gasteiger partial charge is 0.357 e. The Balaban J connectivity index is 1.34. The van der Waals surface area contributed by atoms with Crippen molar-refractivity contribution in [2.45, 2.75) is 25.3 Å². The second kappa shape index (κ2) is 6.15. The first kappa shape index (κ1) is 15.0. The summed E-state index contributed by atoms with van der Waals surface area (Å²) in [5.74, 6) is 0.177. The molecule has 2 N–H and O–H groups in total. The predicted octanol–water partition coefficient (Wildman–Crippen LogP) is 1.76. The molecule has 1 atom stereocenters. The monoisotopic (exact) mass is 323 g/mol. The van der Waals surface area contributed by atoms with Crippen molar-refractivity contribution in [1.29, 1.82) is 0 Å². The maximum Gasteiger partial charge on any atom is 0.267 e. The van der Waals surface area contributed by atoms with Gasteiger partial charge in [0.2, 0.25) is 5.91 Å². The molecule has 5 nitrogen and oxygen atoms in total. The number of hydrogen-bond acceptors (Lipinski definition) is 2. The number of hydrogen-bond donors (Lipinski definition) is 2. The van der Waals surface area contributed by atoms with Gasteiger partial charge in [-0.3, -0.25) is 9.59 Å². The minimum atomic E-state index is -0.104. The van der Waals surface area contributed by atoms with E-state index >= 15 is 0 Å². The van der Waals surface area contributed by atoms with E-state index in [-0.39, 0.29) is 23.8 Å². The molecule has 1 aliphatic heterocycles. The van der Waals surface area contributed by atoms with Crippen molar-refractivity contribution in [3.05, 3.63) is 59.4 Å². The quantitative estimate of drug-likeness (QED) is 0.904. The van der Waals surface area contributed by atoms with Crippen molar-refractivity contribution in [2.24, 2.45) is 5.92 Å². The summed E-state index contributed by atoms with van der Waals surface area (Å²) in [6.07, 6.45) is 4.23. The lowest BCUT2D eigenvalue weighted by molar-refractivity contribution is -0.134. The molecule has 2 heterocycles. The fraction of sp³-hybridized carbons (Fsp3) is 0.368. The topological polar surface area (TPSA) is 65.2 Å². The van der Waals surface area contributed by atoms with E-state index < -0.39 is 0 Å². The van der Waals surface area contributed by atoms with Gasteiger partial charge in [-0.05, 0) is 42.5 Å². The van der Waals surface area contributed by atoms with Crippen LogP contribution in [0.2, 0.25) is 0 Å². The third-order valence-electron chi connectivity index (χ3n) is 5.08. The van der Waals surface area contributed by atoms with E-state index in [0.29, 0.717) is 12.2 Å². The van der Waals surface area contributed by atoms with Gasteiger partial charge >= 0.3 is 0 Å². The van der Waals surface area contributed by atoms with Crippen molar-refractivity contribution in [1.82, 2.24) is 15.2 Å². The van der Waals surface area contributed by atoms with Crippen molar-refractivity contribution in [3.63, 3.8) is 0 Å². The van der Waals surface area contributed by atoms with Gasteiger partial charge in [-0.1, -0.05) is 24.3 Å². The van der Waals surface area contributed by atoms with Crippen LogP contribution < -0.4 is 5.32 Å². The van der Waals surface area contributed by atoms with Crippen LogP contribution >= 0.6 is 0 Å². The molecular weight excluding hydrogens is 302 g/mol. The predicted molar refractivity (Wildman–Crippen MR) is 90.6 cm³/mol. The molecule has 2 aromatic rings. The SMILES string of the molecule is O=C(N[C@@H]1CCN(C(=O)C2Cc3ccccc3C2)C1)c1ccc[nH]1. The van der Waals surface area contributed by atoms with Crippen LogP contribution in [0.4, 0.5) is 0 Å². The minimum Gasteiger partial charge on any atom is -0.357 e. The lowest BCUT2D eigenvalue weighted by Gasteiger charge is -2.20. The zero-order chi connectivity index (χ0) is 16.5. The van der Waals surface area contributed by atoms with Gasteiger partial charge in [-0.15, -0.1) is 0 Å². The van der Waals surface area contributed by atoms with Crippen LogP contribution in [0.25, 0.3) is 0 Å². The highest BCUT2D eigenvalue weighted by Crippen LogP contribution is 2.28. The molecule has 124 valence electrons. The molecule has 1 fully saturated rings. The number of nitrogens with zero attached hydrogens (tertiary/aromatic N) is 1. The molecule has 4 rings (SSSR count). The highest BCUT2D eigenvalue weighted by atomic mass is 16.2. The number of rotatable bonds is 3. The fourth-order valence-corrected chi connectivity index (χ4v) is 3.80. The Kier molecular flexibility index (Phi) is 3.84. The molecule has 24 heavy (non-hydrogen) atoms. The molecule has 1 saturated heterocycles. The molecule has 5 heteroatoms. The van der Waals surface area contributed by atoms with Crippen LogP contribution in [-0.4, -0.2) is 40.8 Å². The Labute approximate surface area is 141 Å². The third kappa shape index (κ3) is 2.82. The summed E-state index contributed by atoms with van der Waals surface area (Å²) in [5, 5.41) is 3.01. The molecule has 2 aliphatic rings. The standard InChI is InChI=1S/C19H21N3O2/c23-18(17-6-3-8-20-17)21-16-7-9-22(12-16)19(24)15-10-13-4-1-2-5-14(13)11-15/h1-6,8,15-16,20H,7,9-12H2,(H,21,23)/t16-/m1/s1. The molecule has 1 aromatic heterocycles. The second-order valence-corrected chi connectivity index (χ2v) is 6.70. The maximum absolute atomic E-state index is 12.8. The number of aromatic nitrogens is 1. The number of aromatic amines is 1. The highest BCUT2D eigenvalue weighted by molar-refractivity contribution is 5.92. The summed E-state index contributed by atoms with van der Waals surface area (Å²) < 4.78 is 0. The normalized spacial score (nSPS) is 20.2. The number of benzene rings is 1. The van der Waals surface area contributed by atoms with Crippen LogP contribution in [0.1, 0.15) is 28.0 Å². The molecule has 0 radical (unpaired) electrons. The van der Waals surface area contributed by atoms with Gasteiger partial charge in [0, 0.05) is 31.2 Å². The Morgan fingerprint density at radius 2 is 1.83 bits per heavy atom. The molecular formula is C19H21N3O2. The number of fused-ring (bicyclic) bond motifs is 1. The van der Waals surface area contributed by atoms with Crippen LogP contribution in [0.15, 0.2) is 42.6 Å². The zero-order valence-corrected chi connectivity index (χ0v) is 13.5. The fourth-order valence-electron chi connectivity index (χ4n) is 3.80. The Hall–Kier alpha value is -2.56. The molecule has 0 spiro atoms. The summed E-state index contributed by atoms with van der Waals surface area (Å²) in [7, 11) is 0. The Bertz CT molecular complexity index is 729. The zero-order valence-electron chi connectivity index (χ0n) is 13.5. The molecule has 1 aliphatic carbocycles. The first-order valence-electron chi connectivity index (χ1n) is 8.50. The van der Waals surface area contributed by atoms with Gasteiger partial charge in [0.25, 0.3) is 5.91 Å². The number of amides is 2. The number of nitrogens with one attached hydrogen (secondary N) is 2. The van der Waals surface area contributed by atoms with E-state index in [2.05, 4.69) is 22.4 Å². The van der Waals surface area contributed by atoms with Gasteiger partial charge in [0.05, 0.1) is 0 Å². The Morgan fingerprint density at radius 3 is 2.50 bits per heavy atom. The van der Waals surface area contributed by atoms with Crippen LogP contribution in [0.5, 0.6) is 0 Å².